The van der Waals surface area contributed by atoms with Crippen LogP contribution in [0, 0.1) is 11.8 Å². The molecule has 1 saturated heterocycles. The lowest BCUT2D eigenvalue weighted by Gasteiger charge is -2.27. The zero-order chi connectivity index (χ0) is 11.2. The van der Waals surface area contributed by atoms with Crippen LogP contribution in [0.25, 0.3) is 0 Å². The molecule has 94 valence electrons. The van der Waals surface area contributed by atoms with E-state index < -0.39 is 0 Å². The third kappa shape index (κ3) is 4.04. The molecular formula is C13H25NO2. The molecule has 3 heteroatoms. The Morgan fingerprint density at radius 2 is 1.88 bits per heavy atom. The summed E-state index contributed by atoms with van der Waals surface area (Å²) in [7, 11) is 0. The Morgan fingerprint density at radius 1 is 1.06 bits per heavy atom. The van der Waals surface area contributed by atoms with Crippen molar-refractivity contribution in [1.82, 2.24) is 5.32 Å². The maximum Gasteiger partial charge on any atom is 0.0543 e. The van der Waals surface area contributed by atoms with Crippen LogP contribution in [0.3, 0.4) is 0 Å². The molecule has 0 amide bonds. The van der Waals surface area contributed by atoms with Gasteiger partial charge in [0.05, 0.1) is 12.7 Å². The molecule has 0 aromatic rings. The van der Waals surface area contributed by atoms with Gasteiger partial charge in [-0.1, -0.05) is 6.42 Å². The average molecular weight is 227 g/mol. The Balaban J connectivity index is 1.56. The van der Waals surface area contributed by atoms with Gasteiger partial charge < -0.3 is 15.2 Å². The molecule has 1 heterocycles. The third-order valence-corrected chi connectivity index (χ3v) is 3.88. The van der Waals surface area contributed by atoms with E-state index in [-0.39, 0.29) is 6.10 Å². The third-order valence-electron chi connectivity index (χ3n) is 3.88. The highest BCUT2D eigenvalue weighted by molar-refractivity contribution is 4.75. The summed E-state index contributed by atoms with van der Waals surface area (Å²) in [6.45, 7) is 4.05. The number of nitrogens with one attached hydrogen (secondary N) is 1. The van der Waals surface area contributed by atoms with Gasteiger partial charge >= 0.3 is 0 Å². The molecule has 0 aromatic carbocycles. The van der Waals surface area contributed by atoms with Crippen LogP contribution in [-0.4, -0.2) is 37.5 Å². The molecule has 2 N–H and O–H groups in total. The largest absolute Gasteiger partial charge is 0.393 e. The van der Waals surface area contributed by atoms with Crippen molar-refractivity contribution < 1.29 is 9.84 Å². The molecule has 2 fully saturated rings. The fourth-order valence-corrected chi connectivity index (χ4v) is 2.91. The Hall–Kier alpha value is -0.120. The molecule has 1 saturated carbocycles. The first-order chi connectivity index (χ1) is 7.84. The molecule has 16 heavy (non-hydrogen) atoms. The fraction of sp³-hybridized carbons (Fsp3) is 1.00. The minimum absolute atomic E-state index is 0.0430. The van der Waals surface area contributed by atoms with Gasteiger partial charge in [-0.2, -0.15) is 0 Å². The summed E-state index contributed by atoms with van der Waals surface area (Å²) in [6.07, 6.45) is 6.96. The van der Waals surface area contributed by atoms with E-state index in [1.807, 2.05) is 0 Å². The van der Waals surface area contributed by atoms with E-state index in [9.17, 15) is 5.11 Å². The number of hydrogen-bond acceptors (Lipinski definition) is 3. The number of aliphatic hydroxyl groups is 1. The van der Waals surface area contributed by atoms with E-state index in [1.54, 1.807) is 0 Å². The van der Waals surface area contributed by atoms with E-state index in [0.29, 0.717) is 11.8 Å². The quantitative estimate of drug-likeness (QED) is 0.766. The van der Waals surface area contributed by atoms with Gasteiger partial charge in [0.15, 0.2) is 0 Å². The lowest BCUT2D eigenvalue weighted by molar-refractivity contribution is 0.0532. The highest BCUT2D eigenvalue weighted by Gasteiger charge is 2.20. The van der Waals surface area contributed by atoms with Crippen LogP contribution >= 0.6 is 0 Å². The first-order valence-corrected chi connectivity index (χ1v) is 6.81. The Bertz CT molecular complexity index is 192. The van der Waals surface area contributed by atoms with E-state index in [0.717, 1.165) is 39.1 Å². The first-order valence-electron chi connectivity index (χ1n) is 6.81. The zero-order valence-corrected chi connectivity index (χ0v) is 10.2. The Labute approximate surface area is 98.6 Å². The normalized spacial score (nSPS) is 36.2. The van der Waals surface area contributed by atoms with Gasteiger partial charge in [0.25, 0.3) is 0 Å². The number of ether oxygens (including phenoxy) is 1. The molecule has 0 aromatic heterocycles. The highest BCUT2D eigenvalue weighted by Crippen LogP contribution is 2.23. The van der Waals surface area contributed by atoms with Crippen molar-refractivity contribution in [3.63, 3.8) is 0 Å². The van der Waals surface area contributed by atoms with Crippen molar-refractivity contribution >= 4 is 0 Å². The summed E-state index contributed by atoms with van der Waals surface area (Å²) in [5, 5.41) is 13.1. The molecule has 0 spiro atoms. The smallest absolute Gasteiger partial charge is 0.0543 e. The van der Waals surface area contributed by atoms with E-state index in [1.165, 1.54) is 25.7 Å². The molecule has 0 radical (unpaired) electrons. The summed E-state index contributed by atoms with van der Waals surface area (Å²) in [6, 6.07) is 0. The van der Waals surface area contributed by atoms with Gasteiger partial charge in [-0.25, -0.2) is 0 Å². The maximum atomic E-state index is 9.58. The van der Waals surface area contributed by atoms with Crippen molar-refractivity contribution in [3.8, 4) is 0 Å². The molecule has 2 rings (SSSR count). The van der Waals surface area contributed by atoms with Gasteiger partial charge in [-0.3, -0.25) is 0 Å². The lowest BCUT2D eigenvalue weighted by atomic mass is 9.87. The number of rotatable bonds is 4. The predicted octanol–water partition coefficient (Wildman–Crippen LogP) is 1.55. The fourth-order valence-electron chi connectivity index (χ4n) is 2.91. The predicted molar refractivity (Wildman–Crippen MR) is 64.4 cm³/mol. The SMILES string of the molecule is OC1CCCC(CNCC2CCCOC2)C1. The number of hydrogen-bond donors (Lipinski definition) is 2. The second-order valence-corrected chi connectivity index (χ2v) is 5.43. The monoisotopic (exact) mass is 227 g/mol. The summed E-state index contributed by atoms with van der Waals surface area (Å²) < 4.78 is 5.46. The van der Waals surface area contributed by atoms with Crippen molar-refractivity contribution in [1.29, 1.82) is 0 Å². The molecular weight excluding hydrogens is 202 g/mol. The van der Waals surface area contributed by atoms with E-state index in [4.69, 9.17) is 4.74 Å². The van der Waals surface area contributed by atoms with E-state index >= 15 is 0 Å². The molecule has 2 aliphatic rings. The molecule has 3 unspecified atom stereocenters. The standard InChI is InChI=1S/C13H25NO2/c15-13-5-1-3-11(7-13)8-14-9-12-4-2-6-16-10-12/h11-15H,1-10H2. The average Bonchev–Trinajstić information content (AvgIpc) is 2.30. The van der Waals surface area contributed by atoms with Crippen molar-refractivity contribution in [2.24, 2.45) is 11.8 Å². The van der Waals surface area contributed by atoms with Crippen LogP contribution in [0.1, 0.15) is 38.5 Å². The van der Waals surface area contributed by atoms with Crippen LogP contribution in [0.15, 0.2) is 0 Å². The Kier molecular flexibility index (Phi) is 5.07. The van der Waals surface area contributed by atoms with Gasteiger partial charge in [0.1, 0.15) is 0 Å². The molecule has 1 aliphatic heterocycles. The highest BCUT2D eigenvalue weighted by atomic mass is 16.5. The maximum absolute atomic E-state index is 9.58. The summed E-state index contributed by atoms with van der Waals surface area (Å²) in [5.74, 6) is 1.40. The minimum atomic E-state index is -0.0430. The van der Waals surface area contributed by atoms with Gasteiger partial charge in [0.2, 0.25) is 0 Å². The number of aliphatic hydroxyl groups excluding tert-OH is 1. The van der Waals surface area contributed by atoms with Gasteiger partial charge in [0, 0.05) is 13.2 Å². The van der Waals surface area contributed by atoms with Crippen molar-refractivity contribution in [2.45, 2.75) is 44.6 Å². The van der Waals surface area contributed by atoms with Crippen molar-refractivity contribution in [2.75, 3.05) is 26.3 Å². The van der Waals surface area contributed by atoms with Gasteiger partial charge in [-0.15, -0.1) is 0 Å². The van der Waals surface area contributed by atoms with E-state index in [2.05, 4.69) is 5.32 Å². The lowest BCUT2D eigenvalue weighted by Crippen LogP contribution is -2.34. The molecule has 1 aliphatic carbocycles. The van der Waals surface area contributed by atoms with Gasteiger partial charge in [-0.05, 0) is 50.5 Å². The Morgan fingerprint density at radius 3 is 2.62 bits per heavy atom. The van der Waals surface area contributed by atoms with Crippen LogP contribution in [0.5, 0.6) is 0 Å². The van der Waals surface area contributed by atoms with Crippen LogP contribution in [0.2, 0.25) is 0 Å². The van der Waals surface area contributed by atoms with Crippen LogP contribution < -0.4 is 5.32 Å². The first kappa shape index (κ1) is 12.3. The molecule has 3 atom stereocenters. The second-order valence-electron chi connectivity index (χ2n) is 5.43. The summed E-state index contributed by atoms with van der Waals surface area (Å²) >= 11 is 0. The van der Waals surface area contributed by atoms with Crippen molar-refractivity contribution in [3.05, 3.63) is 0 Å². The summed E-state index contributed by atoms with van der Waals surface area (Å²) in [5.41, 5.74) is 0. The molecule has 0 bridgehead atoms. The topological polar surface area (TPSA) is 41.5 Å². The zero-order valence-electron chi connectivity index (χ0n) is 10.2. The minimum Gasteiger partial charge on any atom is -0.393 e. The second kappa shape index (κ2) is 6.58. The molecule has 3 nitrogen and oxygen atoms in total. The van der Waals surface area contributed by atoms with Crippen LogP contribution in [0.4, 0.5) is 0 Å². The van der Waals surface area contributed by atoms with Crippen LogP contribution in [-0.2, 0) is 4.74 Å². The summed E-state index contributed by atoms with van der Waals surface area (Å²) in [4.78, 5) is 0.